The van der Waals surface area contributed by atoms with Crippen molar-refractivity contribution in [3.05, 3.63) is 216 Å². The van der Waals surface area contributed by atoms with Crippen LogP contribution in [-0.4, -0.2) is 0 Å². The van der Waals surface area contributed by atoms with Crippen LogP contribution in [0.4, 0.5) is 0 Å². The molecule has 0 bridgehead atoms. The van der Waals surface area contributed by atoms with E-state index in [2.05, 4.69) is 194 Å². The van der Waals surface area contributed by atoms with Crippen LogP contribution >= 0.6 is 0 Å². The fourth-order valence-corrected chi connectivity index (χ4v) is 10.1. The summed E-state index contributed by atoms with van der Waals surface area (Å²) in [5.74, 6) is 0. The van der Waals surface area contributed by atoms with Crippen molar-refractivity contribution in [1.29, 1.82) is 0 Å². The molecule has 0 heterocycles. The smallest absolute Gasteiger partial charge is 0.0619 e. The molecule has 10 aromatic carbocycles. The lowest BCUT2D eigenvalue weighted by molar-refractivity contribution is 0.794. The monoisotopic (exact) mass is 668 g/mol. The quantitative estimate of drug-likeness (QED) is 0.161. The average molecular weight is 669 g/mol. The number of fused-ring (bicyclic) bond motifs is 14. The van der Waals surface area contributed by atoms with Crippen LogP contribution in [0.1, 0.15) is 22.3 Å². The van der Waals surface area contributed by atoms with Gasteiger partial charge in [0.05, 0.1) is 5.41 Å². The molecule has 0 amide bonds. The highest BCUT2D eigenvalue weighted by molar-refractivity contribution is 6.15. The zero-order chi connectivity index (χ0) is 34.7. The fourth-order valence-electron chi connectivity index (χ4n) is 10.1. The van der Waals surface area contributed by atoms with Gasteiger partial charge in [-0.15, -0.1) is 0 Å². The van der Waals surface area contributed by atoms with Crippen LogP contribution in [0.25, 0.3) is 87.6 Å². The van der Waals surface area contributed by atoms with E-state index < -0.39 is 5.41 Å². The Kier molecular flexibility index (Phi) is 5.80. The highest BCUT2D eigenvalue weighted by atomic mass is 14.5. The number of benzene rings is 10. The Bertz CT molecular complexity index is 2850. The van der Waals surface area contributed by atoms with Crippen molar-refractivity contribution < 1.29 is 0 Å². The summed E-state index contributed by atoms with van der Waals surface area (Å²) in [6, 6.07) is 73.0. The molecule has 0 fully saturated rings. The summed E-state index contributed by atoms with van der Waals surface area (Å²) >= 11 is 0. The summed E-state index contributed by atoms with van der Waals surface area (Å²) in [4.78, 5) is 0. The van der Waals surface area contributed by atoms with E-state index in [4.69, 9.17) is 0 Å². The third-order valence-electron chi connectivity index (χ3n) is 12.2. The Balaban J connectivity index is 1.20. The van der Waals surface area contributed by atoms with Crippen LogP contribution in [0.3, 0.4) is 0 Å². The first-order chi connectivity index (χ1) is 26.3. The standard InChI is InChI=1S/C53H32/c1-5-17-39-33(13-1)29-34-14-2-6-18-40(34)51(39)37-25-27-45-46-28-26-38(52-41-19-7-3-15-35(41)30-36-16-4-8-20-42(36)52)32-50(46)53(49(45)31-37)47-23-11-9-21-43(47)44-22-10-12-24-48(44)53/h1-32H. The lowest BCUT2D eigenvalue weighted by Crippen LogP contribution is -2.26. The maximum absolute atomic E-state index is 2.54. The van der Waals surface area contributed by atoms with E-state index in [1.54, 1.807) is 0 Å². The second-order valence-corrected chi connectivity index (χ2v) is 14.7. The predicted octanol–water partition coefficient (Wildman–Crippen LogP) is 14.0. The van der Waals surface area contributed by atoms with E-state index in [0.717, 1.165) is 0 Å². The molecule has 53 heavy (non-hydrogen) atoms. The molecular formula is C53H32. The van der Waals surface area contributed by atoms with Crippen LogP contribution in [0.15, 0.2) is 194 Å². The Morgan fingerprint density at radius 1 is 0.245 bits per heavy atom. The van der Waals surface area contributed by atoms with Crippen LogP contribution in [0.5, 0.6) is 0 Å². The van der Waals surface area contributed by atoms with Gasteiger partial charge in [-0.1, -0.05) is 170 Å². The molecule has 0 radical (unpaired) electrons. The SMILES string of the molecule is c1ccc2c(c1)-c1ccccc1C21c2cc(-c3c4ccccc4cc4ccccc34)ccc2-c2ccc(-c3c4ccccc4cc4ccccc34)cc21. The molecule has 10 aromatic rings. The van der Waals surface area contributed by atoms with Gasteiger partial charge in [0, 0.05) is 0 Å². The van der Waals surface area contributed by atoms with E-state index in [0.29, 0.717) is 0 Å². The molecule has 0 aromatic heterocycles. The summed E-state index contributed by atoms with van der Waals surface area (Å²) in [6.45, 7) is 0. The largest absolute Gasteiger partial charge is 0.0725 e. The first-order valence-corrected chi connectivity index (χ1v) is 18.6. The van der Waals surface area contributed by atoms with E-state index >= 15 is 0 Å². The van der Waals surface area contributed by atoms with Gasteiger partial charge in [0.15, 0.2) is 0 Å². The second kappa shape index (κ2) is 10.6. The molecule has 0 saturated heterocycles. The molecule has 1 spiro atoms. The van der Waals surface area contributed by atoms with Crippen molar-refractivity contribution in [2.75, 3.05) is 0 Å². The Morgan fingerprint density at radius 2 is 0.566 bits per heavy atom. The van der Waals surface area contributed by atoms with Crippen LogP contribution in [0, 0.1) is 0 Å². The van der Waals surface area contributed by atoms with Gasteiger partial charge in [0.2, 0.25) is 0 Å². The van der Waals surface area contributed by atoms with Crippen molar-refractivity contribution in [1.82, 2.24) is 0 Å². The molecule has 244 valence electrons. The molecule has 0 heteroatoms. The zero-order valence-electron chi connectivity index (χ0n) is 29.0. The topological polar surface area (TPSA) is 0 Å². The third-order valence-corrected chi connectivity index (χ3v) is 12.2. The van der Waals surface area contributed by atoms with Crippen molar-refractivity contribution in [3.63, 3.8) is 0 Å². The Morgan fingerprint density at radius 3 is 0.962 bits per heavy atom. The van der Waals surface area contributed by atoms with Crippen molar-refractivity contribution in [3.8, 4) is 44.5 Å². The molecule has 0 nitrogen and oxygen atoms in total. The van der Waals surface area contributed by atoms with Crippen molar-refractivity contribution in [2.45, 2.75) is 5.41 Å². The minimum absolute atomic E-state index is 0.468. The summed E-state index contributed by atoms with van der Waals surface area (Å²) in [7, 11) is 0. The second-order valence-electron chi connectivity index (χ2n) is 14.7. The normalized spacial score (nSPS) is 13.4. The summed E-state index contributed by atoms with van der Waals surface area (Å²) in [6.07, 6.45) is 0. The molecule has 2 aliphatic carbocycles. The molecular weight excluding hydrogens is 637 g/mol. The molecule has 0 saturated carbocycles. The highest BCUT2D eigenvalue weighted by Gasteiger charge is 2.51. The zero-order valence-corrected chi connectivity index (χ0v) is 29.0. The van der Waals surface area contributed by atoms with Gasteiger partial charge in [-0.25, -0.2) is 0 Å². The minimum Gasteiger partial charge on any atom is -0.0619 e. The van der Waals surface area contributed by atoms with Crippen molar-refractivity contribution >= 4 is 43.1 Å². The van der Waals surface area contributed by atoms with Crippen LogP contribution in [-0.2, 0) is 5.41 Å². The highest BCUT2D eigenvalue weighted by Crippen LogP contribution is 2.63. The molecule has 12 rings (SSSR count). The molecule has 0 aliphatic heterocycles. The lowest BCUT2D eigenvalue weighted by atomic mass is 9.69. The van der Waals surface area contributed by atoms with Crippen LogP contribution < -0.4 is 0 Å². The summed E-state index contributed by atoms with van der Waals surface area (Å²) < 4.78 is 0. The van der Waals surface area contributed by atoms with Gasteiger partial charge in [-0.05, 0) is 134 Å². The van der Waals surface area contributed by atoms with Gasteiger partial charge in [0.1, 0.15) is 0 Å². The van der Waals surface area contributed by atoms with E-state index in [-0.39, 0.29) is 0 Å². The molecule has 0 unspecified atom stereocenters. The maximum Gasteiger partial charge on any atom is 0.0725 e. The van der Waals surface area contributed by atoms with Gasteiger partial charge in [0.25, 0.3) is 0 Å². The van der Waals surface area contributed by atoms with E-state index in [1.165, 1.54) is 110 Å². The number of rotatable bonds is 2. The van der Waals surface area contributed by atoms with E-state index in [1.807, 2.05) is 0 Å². The van der Waals surface area contributed by atoms with Gasteiger partial charge >= 0.3 is 0 Å². The summed E-state index contributed by atoms with van der Waals surface area (Å²) in [5.41, 5.74) is 15.4. The van der Waals surface area contributed by atoms with Gasteiger partial charge < -0.3 is 0 Å². The fraction of sp³-hybridized carbons (Fsp3) is 0.0189. The Labute approximate surface area is 308 Å². The van der Waals surface area contributed by atoms with Gasteiger partial charge in [-0.3, -0.25) is 0 Å². The maximum atomic E-state index is 2.54. The molecule has 2 aliphatic rings. The lowest BCUT2D eigenvalue weighted by Gasteiger charge is -2.31. The minimum atomic E-state index is -0.468. The van der Waals surface area contributed by atoms with Gasteiger partial charge in [-0.2, -0.15) is 0 Å². The van der Waals surface area contributed by atoms with Crippen LogP contribution in [0.2, 0.25) is 0 Å². The molecule has 0 N–H and O–H groups in total. The average Bonchev–Trinajstić information content (AvgIpc) is 3.68. The summed E-state index contributed by atoms with van der Waals surface area (Å²) in [5, 5.41) is 10.2. The van der Waals surface area contributed by atoms with Crippen molar-refractivity contribution in [2.24, 2.45) is 0 Å². The number of hydrogen-bond donors (Lipinski definition) is 0. The third kappa shape index (κ3) is 3.80. The first kappa shape index (κ1) is 28.9. The predicted molar refractivity (Wildman–Crippen MR) is 224 cm³/mol. The molecule has 0 atom stereocenters. The number of hydrogen-bond acceptors (Lipinski definition) is 0. The Hall–Kier alpha value is -6.76. The van der Waals surface area contributed by atoms with E-state index in [9.17, 15) is 0 Å². The first-order valence-electron chi connectivity index (χ1n) is 18.6.